The molecule has 0 saturated heterocycles. The van der Waals surface area contributed by atoms with Crippen molar-refractivity contribution in [1.29, 1.82) is 0 Å². The van der Waals surface area contributed by atoms with Gasteiger partial charge in [-0.1, -0.05) is 6.07 Å². The minimum atomic E-state index is -0.591. The molecular weight excluding hydrogens is 390 g/mol. The van der Waals surface area contributed by atoms with E-state index >= 15 is 0 Å². The van der Waals surface area contributed by atoms with Crippen LogP contribution in [-0.4, -0.2) is 37.1 Å². The summed E-state index contributed by atoms with van der Waals surface area (Å²) < 4.78 is 17.7. The van der Waals surface area contributed by atoms with Crippen molar-refractivity contribution in [2.75, 3.05) is 20.8 Å². The molecule has 6 nitrogen and oxygen atoms in total. The van der Waals surface area contributed by atoms with Crippen molar-refractivity contribution >= 4 is 23.1 Å². The Morgan fingerprint density at radius 1 is 1.03 bits per heavy atom. The van der Waals surface area contributed by atoms with Gasteiger partial charge in [-0.25, -0.2) is 4.79 Å². The van der Waals surface area contributed by atoms with Crippen LogP contribution in [-0.2, 0) is 11.3 Å². The van der Waals surface area contributed by atoms with Crippen LogP contribution < -0.4 is 9.47 Å². The quantitative estimate of drug-likeness (QED) is 0.408. The molecule has 0 aliphatic heterocycles. The topological polar surface area (TPSA) is 66.8 Å². The van der Waals surface area contributed by atoms with E-state index in [1.807, 2.05) is 31.4 Å². The molecule has 0 aliphatic rings. The number of Topliss-reactive ketones (excluding diaryl/α,β-unsaturated/α-hetero) is 1. The summed E-state index contributed by atoms with van der Waals surface area (Å²) in [5.41, 5.74) is 2.71. The Labute approximate surface area is 173 Å². The van der Waals surface area contributed by atoms with Crippen LogP contribution in [0.5, 0.6) is 11.5 Å². The fourth-order valence-electron chi connectivity index (χ4n) is 3.14. The lowest BCUT2D eigenvalue weighted by Gasteiger charge is -2.10. The molecule has 152 valence electrons. The molecule has 0 fully saturated rings. The van der Waals surface area contributed by atoms with Gasteiger partial charge in [0.2, 0.25) is 5.78 Å². The lowest BCUT2D eigenvalue weighted by atomic mass is 10.1. The SMILES string of the molecule is COc1ccc(C(=O)OCC(=O)c2cc(C)n(Cc3cccs3)c2C)cc1OC. The minimum Gasteiger partial charge on any atom is -0.493 e. The number of esters is 1. The summed E-state index contributed by atoms with van der Waals surface area (Å²) >= 11 is 1.68. The Morgan fingerprint density at radius 2 is 1.79 bits per heavy atom. The van der Waals surface area contributed by atoms with Gasteiger partial charge >= 0.3 is 5.97 Å². The summed E-state index contributed by atoms with van der Waals surface area (Å²) in [5.74, 6) is 0.111. The zero-order valence-electron chi connectivity index (χ0n) is 16.9. The van der Waals surface area contributed by atoms with Gasteiger partial charge in [0, 0.05) is 21.8 Å². The largest absolute Gasteiger partial charge is 0.493 e. The van der Waals surface area contributed by atoms with Crippen molar-refractivity contribution in [3.8, 4) is 11.5 Å². The third kappa shape index (κ3) is 4.51. The third-order valence-corrected chi connectivity index (χ3v) is 5.58. The number of aryl methyl sites for hydroxylation is 1. The molecule has 2 heterocycles. The second-order valence-electron chi connectivity index (χ2n) is 6.52. The smallest absolute Gasteiger partial charge is 0.338 e. The number of ether oxygens (including phenoxy) is 3. The molecule has 3 rings (SSSR count). The summed E-state index contributed by atoms with van der Waals surface area (Å²) in [4.78, 5) is 26.2. The van der Waals surface area contributed by atoms with Crippen LogP contribution in [0, 0.1) is 13.8 Å². The van der Waals surface area contributed by atoms with Gasteiger partial charge in [0.15, 0.2) is 18.1 Å². The average molecular weight is 413 g/mol. The lowest BCUT2D eigenvalue weighted by Crippen LogP contribution is -2.15. The van der Waals surface area contributed by atoms with Gasteiger partial charge in [0.25, 0.3) is 0 Å². The van der Waals surface area contributed by atoms with Crippen LogP contribution in [0.3, 0.4) is 0 Å². The van der Waals surface area contributed by atoms with E-state index in [0.717, 1.165) is 11.4 Å². The molecule has 3 aromatic rings. The summed E-state index contributed by atoms with van der Waals surface area (Å²) in [7, 11) is 3.01. The summed E-state index contributed by atoms with van der Waals surface area (Å²) in [6.45, 7) is 4.27. The Morgan fingerprint density at radius 3 is 2.45 bits per heavy atom. The van der Waals surface area contributed by atoms with Crippen LogP contribution in [0.15, 0.2) is 41.8 Å². The molecule has 0 aliphatic carbocycles. The first kappa shape index (κ1) is 20.7. The van der Waals surface area contributed by atoms with E-state index in [0.29, 0.717) is 29.2 Å². The molecule has 0 unspecified atom stereocenters. The van der Waals surface area contributed by atoms with Crippen molar-refractivity contribution in [2.45, 2.75) is 20.4 Å². The highest BCUT2D eigenvalue weighted by molar-refractivity contribution is 7.09. The molecule has 0 spiro atoms. The lowest BCUT2D eigenvalue weighted by molar-refractivity contribution is 0.0474. The van der Waals surface area contributed by atoms with Crippen LogP contribution in [0.1, 0.15) is 37.0 Å². The van der Waals surface area contributed by atoms with E-state index in [4.69, 9.17) is 14.2 Å². The molecule has 1 aromatic carbocycles. The maximum Gasteiger partial charge on any atom is 0.338 e. The first-order chi connectivity index (χ1) is 13.9. The second-order valence-corrected chi connectivity index (χ2v) is 7.55. The predicted octanol–water partition coefficient (Wildman–Crippen LogP) is 4.27. The van der Waals surface area contributed by atoms with Crippen molar-refractivity contribution in [3.63, 3.8) is 0 Å². The zero-order valence-corrected chi connectivity index (χ0v) is 17.7. The van der Waals surface area contributed by atoms with Gasteiger partial charge < -0.3 is 18.8 Å². The summed E-state index contributed by atoms with van der Waals surface area (Å²) in [5, 5.41) is 2.03. The van der Waals surface area contributed by atoms with Crippen LogP contribution in [0.25, 0.3) is 0 Å². The van der Waals surface area contributed by atoms with E-state index in [1.54, 1.807) is 23.5 Å². The van der Waals surface area contributed by atoms with E-state index in [9.17, 15) is 9.59 Å². The van der Waals surface area contributed by atoms with Gasteiger partial charge in [0.1, 0.15) is 0 Å². The van der Waals surface area contributed by atoms with Gasteiger partial charge in [-0.3, -0.25) is 4.79 Å². The van der Waals surface area contributed by atoms with Crippen LogP contribution in [0.4, 0.5) is 0 Å². The first-order valence-corrected chi connectivity index (χ1v) is 9.94. The number of nitrogens with zero attached hydrogens (tertiary/aromatic N) is 1. The number of rotatable bonds is 8. The average Bonchev–Trinajstić information content (AvgIpc) is 3.35. The number of hydrogen-bond acceptors (Lipinski definition) is 6. The van der Waals surface area contributed by atoms with Crippen LogP contribution >= 0.6 is 11.3 Å². The number of carbonyl (C=O) groups is 2. The molecule has 7 heteroatoms. The Balaban J connectivity index is 1.69. The Kier molecular flexibility index (Phi) is 6.39. The monoisotopic (exact) mass is 413 g/mol. The molecule has 0 atom stereocenters. The van der Waals surface area contributed by atoms with Crippen molar-refractivity contribution in [1.82, 2.24) is 4.57 Å². The molecule has 0 radical (unpaired) electrons. The number of aromatic nitrogens is 1. The van der Waals surface area contributed by atoms with Crippen LogP contribution in [0.2, 0.25) is 0 Å². The number of methoxy groups -OCH3 is 2. The van der Waals surface area contributed by atoms with E-state index < -0.39 is 5.97 Å². The number of carbonyl (C=O) groups excluding carboxylic acids is 2. The summed E-state index contributed by atoms with van der Waals surface area (Å²) in [6.07, 6.45) is 0. The van der Waals surface area contributed by atoms with Crippen molar-refractivity contribution < 1.29 is 23.8 Å². The van der Waals surface area contributed by atoms with Gasteiger partial charge in [-0.15, -0.1) is 11.3 Å². The fraction of sp³-hybridized carbons (Fsp3) is 0.273. The number of thiophene rings is 1. The molecule has 0 bridgehead atoms. The maximum atomic E-state index is 12.7. The highest BCUT2D eigenvalue weighted by atomic mass is 32.1. The highest BCUT2D eigenvalue weighted by Crippen LogP contribution is 2.28. The van der Waals surface area contributed by atoms with E-state index in [1.165, 1.54) is 25.2 Å². The van der Waals surface area contributed by atoms with Crippen molar-refractivity contribution in [2.24, 2.45) is 0 Å². The standard InChI is InChI=1S/C22H23NO5S/c1-14-10-18(15(2)23(14)12-17-6-5-9-29-17)19(24)13-28-22(25)16-7-8-20(26-3)21(11-16)27-4/h5-11H,12-13H2,1-4H3. The molecule has 29 heavy (non-hydrogen) atoms. The highest BCUT2D eigenvalue weighted by Gasteiger charge is 2.19. The van der Waals surface area contributed by atoms with Crippen molar-refractivity contribution in [3.05, 3.63) is 69.2 Å². The zero-order chi connectivity index (χ0) is 21.0. The van der Waals surface area contributed by atoms with E-state index in [-0.39, 0.29) is 12.4 Å². The second kappa shape index (κ2) is 8.96. The molecular formula is C22H23NO5S. The molecule has 2 aromatic heterocycles. The van der Waals surface area contributed by atoms with Gasteiger partial charge in [0.05, 0.1) is 26.3 Å². The molecule has 0 N–H and O–H groups in total. The molecule has 0 amide bonds. The number of benzene rings is 1. The Bertz CT molecular complexity index is 1020. The van der Waals surface area contributed by atoms with Gasteiger partial charge in [-0.05, 0) is 49.6 Å². The maximum absolute atomic E-state index is 12.7. The summed E-state index contributed by atoms with van der Waals surface area (Å²) in [6, 6.07) is 10.6. The fourth-order valence-corrected chi connectivity index (χ4v) is 3.83. The minimum absolute atomic E-state index is 0.232. The van der Waals surface area contributed by atoms with E-state index in [2.05, 4.69) is 10.6 Å². The number of hydrogen-bond donors (Lipinski definition) is 0. The number of ketones is 1. The Hall–Kier alpha value is -3.06. The first-order valence-electron chi connectivity index (χ1n) is 9.06. The predicted molar refractivity (Wildman–Crippen MR) is 111 cm³/mol. The molecule has 0 saturated carbocycles. The van der Waals surface area contributed by atoms with Gasteiger partial charge in [-0.2, -0.15) is 0 Å². The third-order valence-electron chi connectivity index (χ3n) is 4.72. The normalized spacial score (nSPS) is 10.6.